The number of nitrogens with two attached hydrogens (primary N) is 2. The summed E-state index contributed by atoms with van der Waals surface area (Å²) in [5, 5.41) is 10.5. The van der Waals surface area contributed by atoms with Gasteiger partial charge in [-0.15, -0.1) is 0 Å². The number of nitrogens with zero attached hydrogens (tertiary/aromatic N) is 2. The van der Waals surface area contributed by atoms with Gasteiger partial charge in [0, 0.05) is 6.07 Å². The fraction of sp³-hybridized carbons (Fsp3) is 0. The van der Waals surface area contributed by atoms with Gasteiger partial charge in [0.1, 0.15) is 5.82 Å². The number of nitrogen functional groups attached to an aromatic ring is 2. The van der Waals surface area contributed by atoms with E-state index in [9.17, 15) is 0 Å². The number of hydrogen-bond donors (Lipinski definition) is 3. The molecule has 1 aromatic rings. The van der Waals surface area contributed by atoms with Crippen LogP contribution in [0.15, 0.2) is 12.3 Å². The van der Waals surface area contributed by atoms with Gasteiger partial charge in [-0.1, -0.05) is 0 Å². The van der Waals surface area contributed by atoms with Crippen molar-refractivity contribution in [3.05, 3.63) is 12.3 Å². The molecule has 5 N–H and O–H groups in total. The third kappa shape index (κ3) is 0.835. The summed E-state index contributed by atoms with van der Waals surface area (Å²) in [6, 6.07) is 1.57. The zero-order chi connectivity index (χ0) is 6.85. The number of rotatable bonds is 0. The van der Waals surface area contributed by atoms with Crippen LogP contribution in [0.25, 0.3) is 0 Å². The molecule has 5 nitrogen and oxygen atoms in total. The maximum absolute atomic E-state index is 6.89. The van der Waals surface area contributed by atoms with Crippen LogP contribution < -0.4 is 11.5 Å². The number of nitrogens with one attached hydrogen (secondary N) is 1. The second-order valence-electron chi connectivity index (χ2n) is 1.55. The first-order valence-electron chi connectivity index (χ1n) is 2.35. The molecule has 0 saturated heterocycles. The van der Waals surface area contributed by atoms with Gasteiger partial charge in [0.25, 0.3) is 0 Å². The Kier molecular flexibility index (Phi) is 1.11. The summed E-state index contributed by atoms with van der Waals surface area (Å²) in [7, 11) is 0. The second-order valence-corrected chi connectivity index (χ2v) is 1.55. The molecule has 0 radical (unpaired) electrons. The van der Waals surface area contributed by atoms with Crippen LogP contribution >= 0.6 is 0 Å². The fourth-order valence-corrected chi connectivity index (χ4v) is 0.515. The molecule has 0 saturated carbocycles. The molecule has 9 heavy (non-hydrogen) atoms. The lowest BCUT2D eigenvalue weighted by Gasteiger charge is -1.96. The maximum Gasteiger partial charge on any atom is 0.215 e. The van der Waals surface area contributed by atoms with Crippen LogP contribution in [0, 0.1) is 5.41 Å². The van der Waals surface area contributed by atoms with E-state index in [-0.39, 0.29) is 5.96 Å². The van der Waals surface area contributed by atoms with Gasteiger partial charge in [-0.2, -0.15) is 9.78 Å². The zero-order valence-corrected chi connectivity index (χ0v) is 4.70. The second kappa shape index (κ2) is 1.77. The Bertz CT molecular complexity index is 225. The predicted octanol–water partition coefficient (Wildman–Crippen LogP) is -0.793. The van der Waals surface area contributed by atoms with Gasteiger partial charge in [0.2, 0.25) is 5.96 Å². The molecule has 0 fully saturated rings. The summed E-state index contributed by atoms with van der Waals surface area (Å²) in [5.74, 6) is 0.208. The summed E-state index contributed by atoms with van der Waals surface area (Å²) < 4.78 is 1.14. The van der Waals surface area contributed by atoms with Gasteiger partial charge in [-0.3, -0.25) is 5.41 Å². The average Bonchev–Trinajstić information content (AvgIpc) is 2.13. The SMILES string of the molecule is N=C(N)n1nccc1N. The molecule has 48 valence electrons. The quantitative estimate of drug-likeness (QED) is 0.313. The van der Waals surface area contributed by atoms with E-state index >= 15 is 0 Å². The Labute approximate surface area is 51.8 Å². The van der Waals surface area contributed by atoms with Crippen molar-refractivity contribution in [2.45, 2.75) is 0 Å². The Balaban J connectivity index is 3.08. The van der Waals surface area contributed by atoms with Crippen LogP contribution in [0.1, 0.15) is 0 Å². The Morgan fingerprint density at radius 1 is 1.78 bits per heavy atom. The molecule has 1 rings (SSSR count). The first-order chi connectivity index (χ1) is 4.22. The summed E-state index contributed by atoms with van der Waals surface area (Å²) in [4.78, 5) is 0. The van der Waals surface area contributed by atoms with E-state index in [0.29, 0.717) is 5.82 Å². The fourth-order valence-electron chi connectivity index (χ4n) is 0.515. The molecule has 5 heteroatoms. The van der Waals surface area contributed by atoms with Crippen molar-refractivity contribution in [2.75, 3.05) is 5.73 Å². The molecule has 1 heterocycles. The Morgan fingerprint density at radius 3 is 2.67 bits per heavy atom. The molecule has 0 amide bonds. The highest BCUT2D eigenvalue weighted by atomic mass is 15.4. The number of hydrogen-bond acceptors (Lipinski definition) is 3. The van der Waals surface area contributed by atoms with E-state index in [1.54, 1.807) is 6.07 Å². The van der Waals surface area contributed by atoms with Crippen LogP contribution in [0.5, 0.6) is 0 Å². The lowest BCUT2D eigenvalue weighted by molar-refractivity contribution is 0.922. The molecule has 0 aliphatic carbocycles. The maximum atomic E-state index is 6.89. The van der Waals surface area contributed by atoms with Gasteiger partial charge in [0.05, 0.1) is 6.20 Å². The summed E-state index contributed by atoms with van der Waals surface area (Å²) in [6.45, 7) is 0. The van der Waals surface area contributed by atoms with E-state index in [1.165, 1.54) is 6.20 Å². The monoisotopic (exact) mass is 125 g/mol. The summed E-state index contributed by atoms with van der Waals surface area (Å²) in [5.41, 5.74) is 10.4. The van der Waals surface area contributed by atoms with Crippen molar-refractivity contribution in [2.24, 2.45) is 5.73 Å². The molecule has 0 bridgehead atoms. The molecule has 0 unspecified atom stereocenters. The van der Waals surface area contributed by atoms with E-state index in [0.717, 1.165) is 4.68 Å². The van der Waals surface area contributed by atoms with Crippen LogP contribution in [0.4, 0.5) is 5.82 Å². The van der Waals surface area contributed by atoms with E-state index in [2.05, 4.69) is 5.10 Å². The predicted molar refractivity (Wildman–Crippen MR) is 34.0 cm³/mol. The van der Waals surface area contributed by atoms with E-state index < -0.39 is 0 Å². The van der Waals surface area contributed by atoms with Crippen LogP contribution in [-0.4, -0.2) is 15.7 Å². The van der Waals surface area contributed by atoms with E-state index in [1.807, 2.05) is 0 Å². The van der Waals surface area contributed by atoms with Crippen molar-refractivity contribution in [1.82, 2.24) is 9.78 Å². The Hall–Kier alpha value is -1.52. The van der Waals surface area contributed by atoms with Crippen LogP contribution in [0.2, 0.25) is 0 Å². The molecule has 0 aliphatic rings. The number of anilines is 1. The molecule has 0 aromatic carbocycles. The van der Waals surface area contributed by atoms with E-state index in [4.69, 9.17) is 16.9 Å². The molecule has 0 atom stereocenters. The molecular weight excluding hydrogens is 118 g/mol. The van der Waals surface area contributed by atoms with Gasteiger partial charge in [-0.05, 0) is 0 Å². The van der Waals surface area contributed by atoms with Gasteiger partial charge in [0.15, 0.2) is 0 Å². The van der Waals surface area contributed by atoms with Crippen molar-refractivity contribution >= 4 is 11.8 Å². The first kappa shape index (κ1) is 5.61. The third-order valence-corrected chi connectivity index (χ3v) is 0.900. The van der Waals surface area contributed by atoms with Crippen molar-refractivity contribution < 1.29 is 0 Å². The lowest BCUT2D eigenvalue weighted by atomic mass is 10.6. The minimum absolute atomic E-state index is 0.169. The molecule has 1 aromatic heterocycles. The smallest absolute Gasteiger partial charge is 0.215 e. The highest BCUT2D eigenvalue weighted by molar-refractivity contribution is 5.79. The first-order valence-corrected chi connectivity index (χ1v) is 2.35. The lowest BCUT2D eigenvalue weighted by Crippen LogP contribution is -2.23. The molecule has 0 aliphatic heterocycles. The third-order valence-electron chi connectivity index (χ3n) is 0.900. The standard InChI is InChI=1S/C4H7N5/c5-3-1-2-8-9(3)4(6)7/h1-2H,5H2,(H3,6,7). The highest BCUT2D eigenvalue weighted by Crippen LogP contribution is 1.95. The van der Waals surface area contributed by atoms with Gasteiger partial charge >= 0.3 is 0 Å². The molecular formula is C4H7N5. The zero-order valence-electron chi connectivity index (χ0n) is 4.70. The van der Waals surface area contributed by atoms with Gasteiger partial charge < -0.3 is 11.5 Å². The highest BCUT2D eigenvalue weighted by Gasteiger charge is 1.96. The Morgan fingerprint density at radius 2 is 2.44 bits per heavy atom. The van der Waals surface area contributed by atoms with Gasteiger partial charge in [-0.25, -0.2) is 0 Å². The van der Waals surface area contributed by atoms with Crippen molar-refractivity contribution in [1.29, 1.82) is 5.41 Å². The molecule has 0 spiro atoms. The topological polar surface area (TPSA) is 93.7 Å². The summed E-state index contributed by atoms with van der Waals surface area (Å²) >= 11 is 0. The minimum atomic E-state index is -0.169. The normalized spacial score (nSPS) is 9.33. The summed E-state index contributed by atoms with van der Waals surface area (Å²) in [6.07, 6.45) is 1.48. The van der Waals surface area contributed by atoms with Crippen molar-refractivity contribution in [3.8, 4) is 0 Å². The largest absolute Gasteiger partial charge is 0.383 e. The minimum Gasteiger partial charge on any atom is -0.383 e. The van der Waals surface area contributed by atoms with Crippen LogP contribution in [-0.2, 0) is 0 Å². The van der Waals surface area contributed by atoms with Crippen LogP contribution in [0.3, 0.4) is 0 Å². The number of aromatic nitrogens is 2. The average molecular weight is 125 g/mol. The van der Waals surface area contributed by atoms with Crippen molar-refractivity contribution in [3.63, 3.8) is 0 Å².